The van der Waals surface area contributed by atoms with Crippen molar-refractivity contribution in [1.29, 1.82) is 0 Å². The molecule has 3 heterocycles. The smallest absolute Gasteiger partial charge is 0.263 e. The maximum Gasteiger partial charge on any atom is 0.263 e. The Labute approximate surface area is 156 Å². The van der Waals surface area contributed by atoms with E-state index in [4.69, 9.17) is 0 Å². The van der Waals surface area contributed by atoms with Gasteiger partial charge in [0.15, 0.2) is 0 Å². The minimum atomic E-state index is -0.453. The molecule has 2 aliphatic rings. The van der Waals surface area contributed by atoms with Crippen LogP contribution in [0.2, 0.25) is 0 Å². The van der Waals surface area contributed by atoms with Crippen molar-refractivity contribution in [2.45, 2.75) is 25.8 Å². The molecule has 1 atom stereocenters. The van der Waals surface area contributed by atoms with Crippen molar-refractivity contribution in [3.63, 3.8) is 0 Å². The van der Waals surface area contributed by atoms with Gasteiger partial charge in [0.1, 0.15) is 5.82 Å². The molecule has 2 aromatic rings. The van der Waals surface area contributed by atoms with Crippen molar-refractivity contribution in [3.8, 4) is 0 Å². The molecule has 2 amide bonds. The summed E-state index contributed by atoms with van der Waals surface area (Å²) in [5.41, 5.74) is 0.479. The van der Waals surface area contributed by atoms with Crippen LogP contribution in [0.5, 0.6) is 0 Å². The average Bonchev–Trinajstić information content (AvgIpc) is 3.31. The minimum absolute atomic E-state index is 0.0281. The lowest BCUT2D eigenvalue weighted by Gasteiger charge is -2.39. The van der Waals surface area contributed by atoms with Crippen LogP contribution in [-0.4, -0.2) is 41.2 Å². The molecule has 4 rings (SSSR count). The zero-order valence-corrected chi connectivity index (χ0v) is 15.3. The van der Waals surface area contributed by atoms with Gasteiger partial charge in [0, 0.05) is 26.2 Å². The first-order chi connectivity index (χ1) is 12.6. The van der Waals surface area contributed by atoms with Crippen LogP contribution in [0.25, 0.3) is 0 Å². The zero-order valence-electron chi connectivity index (χ0n) is 14.5. The number of rotatable bonds is 3. The number of thiophene rings is 1. The van der Waals surface area contributed by atoms with Crippen LogP contribution in [0.1, 0.15) is 34.5 Å². The van der Waals surface area contributed by atoms with Gasteiger partial charge in [0.05, 0.1) is 10.3 Å². The Morgan fingerprint density at radius 2 is 1.96 bits per heavy atom. The molecule has 0 bridgehead atoms. The van der Waals surface area contributed by atoms with Crippen LogP contribution in [0.15, 0.2) is 41.8 Å². The molecule has 1 aromatic carbocycles. The Hall–Kier alpha value is -2.21. The van der Waals surface area contributed by atoms with Crippen LogP contribution in [0, 0.1) is 11.2 Å². The van der Waals surface area contributed by atoms with E-state index < -0.39 is 5.41 Å². The van der Waals surface area contributed by atoms with Crippen molar-refractivity contribution in [1.82, 2.24) is 9.80 Å². The highest BCUT2D eigenvalue weighted by molar-refractivity contribution is 7.12. The highest BCUT2D eigenvalue weighted by Crippen LogP contribution is 2.41. The first-order valence-electron chi connectivity index (χ1n) is 8.94. The molecule has 2 saturated heterocycles. The molecule has 136 valence electrons. The highest BCUT2D eigenvalue weighted by atomic mass is 32.1. The first kappa shape index (κ1) is 17.2. The molecule has 26 heavy (non-hydrogen) atoms. The third-order valence-corrected chi connectivity index (χ3v) is 6.34. The van der Waals surface area contributed by atoms with Crippen LogP contribution in [-0.2, 0) is 11.3 Å². The fourth-order valence-electron chi connectivity index (χ4n) is 4.09. The summed E-state index contributed by atoms with van der Waals surface area (Å²) in [6, 6.07) is 10.0. The number of hydrogen-bond donors (Lipinski definition) is 0. The van der Waals surface area contributed by atoms with E-state index in [0.717, 1.165) is 36.2 Å². The molecule has 0 saturated carbocycles. The van der Waals surface area contributed by atoms with E-state index in [0.29, 0.717) is 19.6 Å². The summed E-state index contributed by atoms with van der Waals surface area (Å²) >= 11 is 1.44. The van der Waals surface area contributed by atoms with Gasteiger partial charge in [0.2, 0.25) is 5.91 Å². The fourth-order valence-corrected chi connectivity index (χ4v) is 4.78. The predicted molar refractivity (Wildman–Crippen MR) is 98.3 cm³/mol. The number of amides is 2. The van der Waals surface area contributed by atoms with E-state index >= 15 is 0 Å². The number of halogens is 1. The zero-order chi connectivity index (χ0) is 18.1. The maximum absolute atomic E-state index is 13.2. The lowest BCUT2D eigenvalue weighted by molar-refractivity contribution is -0.146. The summed E-state index contributed by atoms with van der Waals surface area (Å²) in [4.78, 5) is 30.2. The van der Waals surface area contributed by atoms with Crippen molar-refractivity contribution < 1.29 is 14.0 Å². The number of likely N-dealkylation sites (tertiary alicyclic amines) is 2. The highest BCUT2D eigenvalue weighted by Gasteiger charge is 2.49. The quantitative estimate of drug-likeness (QED) is 0.827. The maximum atomic E-state index is 13.2. The summed E-state index contributed by atoms with van der Waals surface area (Å²) < 4.78 is 13.1. The van der Waals surface area contributed by atoms with E-state index in [9.17, 15) is 14.0 Å². The summed E-state index contributed by atoms with van der Waals surface area (Å²) in [5.74, 6) is -0.108. The minimum Gasteiger partial charge on any atom is -0.338 e. The molecule has 2 fully saturated rings. The molecule has 0 N–H and O–H groups in total. The third-order valence-electron chi connectivity index (χ3n) is 5.48. The molecule has 4 nitrogen and oxygen atoms in total. The van der Waals surface area contributed by atoms with Gasteiger partial charge >= 0.3 is 0 Å². The first-order valence-corrected chi connectivity index (χ1v) is 9.82. The van der Waals surface area contributed by atoms with Gasteiger partial charge in [-0.3, -0.25) is 9.59 Å². The second kappa shape index (κ2) is 6.83. The number of piperidine rings is 1. The number of carbonyl (C=O) groups excluding carboxylic acids is 2. The Morgan fingerprint density at radius 3 is 2.69 bits per heavy atom. The summed E-state index contributed by atoms with van der Waals surface area (Å²) in [5, 5.41) is 1.90. The van der Waals surface area contributed by atoms with Crippen molar-refractivity contribution >= 4 is 23.2 Å². The van der Waals surface area contributed by atoms with E-state index in [1.54, 1.807) is 12.1 Å². The van der Waals surface area contributed by atoms with E-state index in [2.05, 4.69) is 0 Å². The van der Waals surface area contributed by atoms with Gasteiger partial charge in [-0.15, -0.1) is 11.3 Å². The number of hydrogen-bond acceptors (Lipinski definition) is 3. The molecule has 0 unspecified atom stereocenters. The van der Waals surface area contributed by atoms with Gasteiger partial charge < -0.3 is 9.80 Å². The Balaban J connectivity index is 1.47. The SMILES string of the molecule is O=C(c1cccs1)N1CC[C@]2(CCCN(Cc3ccc(F)cc3)C2=O)C1. The van der Waals surface area contributed by atoms with Crippen molar-refractivity contribution in [3.05, 3.63) is 58.0 Å². The molecule has 1 aromatic heterocycles. The van der Waals surface area contributed by atoms with Gasteiger partial charge in [-0.05, 0) is 48.4 Å². The number of carbonyl (C=O) groups is 2. The average molecular weight is 372 g/mol. The second-order valence-electron chi connectivity index (χ2n) is 7.19. The normalized spacial score (nSPS) is 23.0. The summed E-state index contributed by atoms with van der Waals surface area (Å²) in [7, 11) is 0. The van der Waals surface area contributed by atoms with Crippen LogP contribution >= 0.6 is 11.3 Å². The van der Waals surface area contributed by atoms with Crippen LogP contribution in [0.3, 0.4) is 0 Å². The summed E-state index contributed by atoms with van der Waals surface area (Å²) in [6.07, 6.45) is 2.50. The monoisotopic (exact) mass is 372 g/mol. The Kier molecular flexibility index (Phi) is 4.53. The van der Waals surface area contributed by atoms with E-state index in [1.807, 2.05) is 27.3 Å². The van der Waals surface area contributed by atoms with E-state index in [-0.39, 0.29) is 17.6 Å². The van der Waals surface area contributed by atoms with Crippen LogP contribution in [0.4, 0.5) is 4.39 Å². The van der Waals surface area contributed by atoms with Gasteiger partial charge in [0.25, 0.3) is 5.91 Å². The predicted octanol–water partition coefficient (Wildman–Crippen LogP) is 3.54. The molecule has 0 radical (unpaired) electrons. The molecule has 0 aliphatic carbocycles. The number of benzene rings is 1. The lowest BCUT2D eigenvalue weighted by Crippen LogP contribution is -2.50. The molecule has 6 heteroatoms. The topological polar surface area (TPSA) is 40.6 Å². The van der Waals surface area contributed by atoms with Gasteiger partial charge in [-0.1, -0.05) is 18.2 Å². The Morgan fingerprint density at radius 1 is 1.15 bits per heavy atom. The van der Waals surface area contributed by atoms with Crippen LogP contribution < -0.4 is 0 Å². The van der Waals surface area contributed by atoms with Gasteiger partial charge in [-0.2, -0.15) is 0 Å². The van der Waals surface area contributed by atoms with Gasteiger partial charge in [-0.25, -0.2) is 4.39 Å². The Bertz CT molecular complexity index is 806. The molecular weight excluding hydrogens is 351 g/mol. The van der Waals surface area contributed by atoms with Crippen molar-refractivity contribution in [2.75, 3.05) is 19.6 Å². The second-order valence-corrected chi connectivity index (χ2v) is 8.14. The fraction of sp³-hybridized carbons (Fsp3) is 0.400. The molecule has 2 aliphatic heterocycles. The standard InChI is InChI=1S/C20H21FN2O2S/c21-16-6-4-15(5-7-16)13-22-10-2-8-20(19(22)25)9-11-23(14-20)18(24)17-3-1-12-26-17/h1,3-7,12H,2,8-11,13-14H2/t20-/m1/s1. The summed E-state index contributed by atoms with van der Waals surface area (Å²) in [6.45, 7) is 2.35. The molecule has 1 spiro atoms. The van der Waals surface area contributed by atoms with E-state index in [1.165, 1.54) is 23.5 Å². The lowest BCUT2D eigenvalue weighted by atomic mass is 9.78. The largest absolute Gasteiger partial charge is 0.338 e. The molecular formula is C20H21FN2O2S. The third kappa shape index (κ3) is 3.14. The number of nitrogens with zero attached hydrogens (tertiary/aromatic N) is 2. The van der Waals surface area contributed by atoms with Crippen molar-refractivity contribution in [2.24, 2.45) is 5.41 Å².